The Balaban J connectivity index is 3.63. The molecule has 0 atom stereocenters. The van der Waals surface area contributed by atoms with Gasteiger partial charge in [-0.3, -0.25) is 9.59 Å². The van der Waals surface area contributed by atoms with Crippen molar-refractivity contribution in [1.29, 1.82) is 0 Å². The van der Waals surface area contributed by atoms with Crippen molar-refractivity contribution in [2.24, 2.45) is 0 Å². The van der Waals surface area contributed by atoms with Gasteiger partial charge in [-0.25, -0.2) is 0 Å². The summed E-state index contributed by atoms with van der Waals surface area (Å²) in [6.45, 7) is 0. The van der Waals surface area contributed by atoms with Crippen LogP contribution in [-0.2, 0) is 0 Å². The second-order valence-electron chi connectivity index (χ2n) is 1.41. The molecule has 0 saturated carbocycles. The summed E-state index contributed by atoms with van der Waals surface area (Å²) in [7, 11) is 0. The zero-order chi connectivity index (χ0) is 6.85. The molecule has 1 heterocycles. The maximum Gasteiger partial charge on any atom is 0.344 e. The maximum absolute atomic E-state index is 12.0. The third kappa shape index (κ3) is 0.883. The SMILES string of the molecule is O=c1[nH]ccn(F)c1=O. The van der Waals surface area contributed by atoms with Crippen LogP contribution in [0.1, 0.15) is 0 Å². The van der Waals surface area contributed by atoms with E-state index in [0.717, 1.165) is 12.4 Å². The first kappa shape index (κ1) is 5.74. The first-order valence-electron chi connectivity index (χ1n) is 2.18. The van der Waals surface area contributed by atoms with Crippen molar-refractivity contribution >= 4 is 0 Å². The van der Waals surface area contributed by atoms with Crippen LogP contribution in [0.4, 0.5) is 4.48 Å². The predicted octanol–water partition coefficient (Wildman–Crippen LogP) is -0.731. The molecule has 0 radical (unpaired) electrons. The van der Waals surface area contributed by atoms with Gasteiger partial charge in [-0.2, -0.15) is 0 Å². The monoisotopic (exact) mass is 130 g/mol. The van der Waals surface area contributed by atoms with Gasteiger partial charge in [0.05, 0.1) is 6.20 Å². The molecule has 0 aromatic carbocycles. The van der Waals surface area contributed by atoms with Gasteiger partial charge >= 0.3 is 11.1 Å². The molecule has 0 bridgehead atoms. The Morgan fingerprint density at radius 1 is 1.56 bits per heavy atom. The quantitative estimate of drug-likeness (QED) is 0.470. The number of halogens is 1. The molecular weight excluding hydrogens is 127 g/mol. The van der Waals surface area contributed by atoms with Crippen molar-refractivity contribution in [3.8, 4) is 0 Å². The smallest absolute Gasteiger partial charge is 0.323 e. The number of hydrogen-bond donors (Lipinski definition) is 1. The molecule has 0 amide bonds. The molecule has 48 valence electrons. The van der Waals surface area contributed by atoms with E-state index >= 15 is 0 Å². The van der Waals surface area contributed by atoms with Crippen LogP contribution in [-0.4, -0.2) is 9.77 Å². The lowest BCUT2D eigenvalue weighted by Gasteiger charge is -1.84. The van der Waals surface area contributed by atoms with Gasteiger partial charge in [0.15, 0.2) is 0 Å². The van der Waals surface area contributed by atoms with Gasteiger partial charge in [0.2, 0.25) is 0 Å². The van der Waals surface area contributed by atoms with Crippen molar-refractivity contribution in [2.45, 2.75) is 0 Å². The van der Waals surface area contributed by atoms with Crippen molar-refractivity contribution in [3.05, 3.63) is 33.1 Å². The fraction of sp³-hybridized carbons (Fsp3) is 0. The highest BCUT2D eigenvalue weighted by molar-refractivity contribution is 4.77. The largest absolute Gasteiger partial charge is 0.344 e. The van der Waals surface area contributed by atoms with E-state index in [1.165, 1.54) is 0 Å². The Hall–Kier alpha value is -1.39. The summed E-state index contributed by atoms with van der Waals surface area (Å²) in [5, 5.41) is 0. The van der Waals surface area contributed by atoms with Crippen LogP contribution in [0.3, 0.4) is 0 Å². The third-order valence-electron chi connectivity index (χ3n) is 0.808. The highest BCUT2D eigenvalue weighted by Gasteiger charge is 1.93. The minimum atomic E-state index is -1.20. The van der Waals surface area contributed by atoms with Gasteiger partial charge in [0, 0.05) is 6.20 Å². The number of H-pyrrole nitrogens is 1. The van der Waals surface area contributed by atoms with Crippen molar-refractivity contribution in [2.75, 3.05) is 0 Å². The van der Waals surface area contributed by atoms with Crippen molar-refractivity contribution < 1.29 is 4.48 Å². The second-order valence-corrected chi connectivity index (χ2v) is 1.41. The molecule has 5 heteroatoms. The first-order valence-corrected chi connectivity index (χ1v) is 2.18. The minimum Gasteiger partial charge on any atom is -0.323 e. The van der Waals surface area contributed by atoms with Gasteiger partial charge in [-0.05, 0) is 0 Å². The summed E-state index contributed by atoms with van der Waals surface area (Å²) >= 11 is 0. The summed E-state index contributed by atoms with van der Waals surface area (Å²) < 4.78 is 12.0. The topological polar surface area (TPSA) is 54.9 Å². The van der Waals surface area contributed by atoms with Gasteiger partial charge in [0.25, 0.3) is 0 Å². The molecule has 0 spiro atoms. The van der Waals surface area contributed by atoms with E-state index in [9.17, 15) is 14.1 Å². The fourth-order valence-corrected chi connectivity index (χ4v) is 0.405. The summed E-state index contributed by atoms with van der Waals surface area (Å²) in [6.07, 6.45) is 1.87. The lowest BCUT2D eigenvalue weighted by atomic mass is 10.7. The van der Waals surface area contributed by atoms with Crippen molar-refractivity contribution in [3.63, 3.8) is 0 Å². The third-order valence-corrected chi connectivity index (χ3v) is 0.808. The molecule has 1 rings (SSSR count). The minimum absolute atomic E-state index is 0.279. The fourth-order valence-electron chi connectivity index (χ4n) is 0.405. The van der Waals surface area contributed by atoms with Gasteiger partial charge in [0.1, 0.15) is 0 Å². The molecule has 1 aromatic heterocycles. The average Bonchev–Trinajstić information content (AvgIpc) is 1.83. The molecule has 0 unspecified atom stereocenters. The Labute approximate surface area is 48.5 Å². The van der Waals surface area contributed by atoms with E-state index in [-0.39, 0.29) is 4.79 Å². The van der Waals surface area contributed by atoms with Gasteiger partial charge in [-0.1, -0.05) is 4.48 Å². The van der Waals surface area contributed by atoms with Crippen LogP contribution in [0.25, 0.3) is 0 Å². The number of aromatic amines is 1. The lowest BCUT2D eigenvalue weighted by molar-refractivity contribution is 0.348. The van der Waals surface area contributed by atoms with Crippen molar-refractivity contribution in [1.82, 2.24) is 9.77 Å². The average molecular weight is 130 g/mol. The summed E-state index contributed by atoms with van der Waals surface area (Å²) in [4.78, 5) is 22.2. The molecule has 9 heavy (non-hydrogen) atoms. The van der Waals surface area contributed by atoms with E-state index in [1.807, 2.05) is 4.98 Å². The zero-order valence-corrected chi connectivity index (χ0v) is 4.30. The molecular formula is C4H3FN2O2. The molecule has 1 N–H and O–H groups in total. The van der Waals surface area contributed by atoms with E-state index in [1.54, 1.807) is 0 Å². The molecule has 1 aromatic rings. The summed E-state index contributed by atoms with van der Waals surface area (Å²) in [5.74, 6) is 0. The van der Waals surface area contributed by atoms with Gasteiger partial charge < -0.3 is 4.98 Å². The number of hydrogen-bond acceptors (Lipinski definition) is 2. The molecule has 0 aliphatic carbocycles. The van der Waals surface area contributed by atoms with Crippen LogP contribution in [0.2, 0.25) is 0 Å². The molecule has 0 saturated heterocycles. The number of nitrogens with zero attached hydrogens (tertiary/aromatic N) is 1. The zero-order valence-electron chi connectivity index (χ0n) is 4.30. The van der Waals surface area contributed by atoms with Crippen LogP contribution < -0.4 is 11.1 Å². The Kier molecular flexibility index (Phi) is 1.18. The molecule has 0 fully saturated rings. The number of aromatic nitrogens is 2. The number of rotatable bonds is 0. The normalized spacial score (nSPS) is 9.44. The van der Waals surface area contributed by atoms with E-state index < -0.39 is 11.1 Å². The molecule has 4 nitrogen and oxygen atoms in total. The van der Waals surface area contributed by atoms with E-state index in [4.69, 9.17) is 0 Å². The number of nitrogens with one attached hydrogen (secondary N) is 1. The predicted molar refractivity (Wildman–Crippen MR) is 27.8 cm³/mol. The van der Waals surface area contributed by atoms with Crippen LogP contribution in [0.5, 0.6) is 0 Å². The van der Waals surface area contributed by atoms with E-state index in [0.29, 0.717) is 0 Å². The van der Waals surface area contributed by atoms with E-state index in [2.05, 4.69) is 0 Å². The first-order chi connectivity index (χ1) is 4.22. The Morgan fingerprint density at radius 2 is 2.22 bits per heavy atom. The van der Waals surface area contributed by atoms with Crippen LogP contribution in [0.15, 0.2) is 22.0 Å². The second kappa shape index (κ2) is 1.85. The lowest BCUT2D eigenvalue weighted by Crippen LogP contribution is -2.32. The highest BCUT2D eigenvalue weighted by atomic mass is 19.2. The Morgan fingerprint density at radius 3 is 2.67 bits per heavy atom. The van der Waals surface area contributed by atoms with Gasteiger partial charge in [-0.15, -0.1) is 4.79 Å². The molecule has 0 aliphatic heterocycles. The summed E-state index contributed by atoms with van der Waals surface area (Å²) in [6, 6.07) is 0. The van der Waals surface area contributed by atoms with Crippen LogP contribution in [0, 0.1) is 0 Å². The molecule has 0 aliphatic rings. The highest BCUT2D eigenvalue weighted by Crippen LogP contribution is 1.68. The Bertz CT molecular complexity index is 313. The van der Waals surface area contributed by atoms with Crippen LogP contribution >= 0.6 is 0 Å². The standard InChI is InChI=1S/C4H3FN2O2/c5-7-2-1-6-3(8)4(7)9/h1-2H,(H,6,8). The summed E-state index contributed by atoms with van der Waals surface area (Å²) in [5.41, 5.74) is -2.16. The maximum atomic E-state index is 12.0.